The minimum atomic E-state index is 0.266. The van der Waals surface area contributed by atoms with Gasteiger partial charge in [0.1, 0.15) is 5.82 Å². The Morgan fingerprint density at radius 3 is 3.12 bits per heavy atom. The van der Waals surface area contributed by atoms with Crippen molar-refractivity contribution in [2.45, 2.75) is 38.1 Å². The number of imidazole rings is 1. The Bertz CT molecular complexity index is 655. The lowest BCUT2D eigenvalue weighted by Gasteiger charge is -2.33. The summed E-state index contributed by atoms with van der Waals surface area (Å²) in [6.45, 7) is 2.54. The first kappa shape index (κ1) is 16.5. The average Bonchev–Trinajstić information content (AvgIpc) is 3.15. The number of carbonyl (C=O) groups is 1. The van der Waals surface area contributed by atoms with Crippen LogP contribution in [0.15, 0.2) is 37.1 Å². The summed E-state index contributed by atoms with van der Waals surface area (Å²) >= 11 is 0. The number of carbonyl (C=O) groups excluding carboxylic acids is 1. The lowest BCUT2D eigenvalue weighted by Crippen LogP contribution is -2.39. The summed E-state index contributed by atoms with van der Waals surface area (Å²) in [7, 11) is 1.88. The molecule has 1 atom stereocenters. The van der Waals surface area contributed by atoms with Crippen molar-refractivity contribution in [3.05, 3.63) is 42.6 Å². The SMILES string of the molecule is CNc1cc(C2CCCN(C(=O)CCCn3ccnc3)C2)ccn1. The van der Waals surface area contributed by atoms with E-state index in [0.717, 1.165) is 44.7 Å². The molecule has 1 unspecified atom stereocenters. The van der Waals surface area contributed by atoms with Crippen molar-refractivity contribution >= 4 is 11.7 Å². The normalized spacial score (nSPS) is 17.7. The Hall–Kier alpha value is -2.37. The van der Waals surface area contributed by atoms with Gasteiger partial charge in [-0.15, -0.1) is 0 Å². The zero-order valence-corrected chi connectivity index (χ0v) is 14.2. The first-order chi connectivity index (χ1) is 11.8. The van der Waals surface area contributed by atoms with E-state index in [1.165, 1.54) is 5.56 Å². The van der Waals surface area contributed by atoms with Gasteiger partial charge >= 0.3 is 0 Å². The van der Waals surface area contributed by atoms with Crippen LogP contribution in [0.25, 0.3) is 0 Å². The smallest absolute Gasteiger partial charge is 0.222 e. The molecule has 2 aromatic heterocycles. The van der Waals surface area contributed by atoms with Crippen LogP contribution in [-0.4, -0.2) is 45.5 Å². The molecule has 0 bridgehead atoms. The number of nitrogens with one attached hydrogen (secondary N) is 1. The number of pyridine rings is 1. The Kier molecular flexibility index (Phi) is 5.46. The van der Waals surface area contributed by atoms with Crippen LogP contribution < -0.4 is 5.32 Å². The predicted molar refractivity (Wildman–Crippen MR) is 93.8 cm³/mol. The lowest BCUT2D eigenvalue weighted by atomic mass is 9.91. The molecule has 24 heavy (non-hydrogen) atoms. The van der Waals surface area contributed by atoms with E-state index in [-0.39, 0.29) is 5.91 Å². The van der Waals surface area contributed by atoms with E-state index in [2.05, 4.69) is 27.4 Å². The number of anilines is 1. The standard InChI is InChI=1S/C18H25N5O/c1-19-17-12-15(6-7-21-17)16-4-2-10-23(13-16)18(24)5-3-9-22-11-8-20-14-22/h6-8,11-12,14,16H,2-5,9-10,13H2,1H3,(H,19,21). The predicted octanol–water partition coefficient (Wildman–Crippen LogP) is 2.51. The highest BCUT2D eigenvalue weighted by molar-refractivity contribution is 5.76. The molecule has 1 saturated heterocycles. The minimum absolute atomic E-state index is 0.266. The van der Waals surface area contributed by atoms with E-state index in [4.69, 9.17) is 0 Å². The summed E-state index contributed by atoms with van der Waals surface area (Å²) in [5.74, 6) is 1.56. The summed E-state index contributed by atoms with van der Waals surface area (Å²) in [5, 5.41) is 3.08. The average molecular weight is 327 g/mol. The van der Waals surface area contributed by atoms with Crippen molar-refractivity contribution in [1.82, 2.24) is 19.4 Å². The van der Waals surface area contributed by atoms with Crippen LogP contribution in [0.1, 0.15) is 37.2 Å². The highest BCUT2D eigenvalue weighted by Crippen LogP contribution is 2.28. The van der Waals surface area contributed by atoms with Crippen LogP contribution >= 0.6 is 0 Å². The van der Waals surface area contributed by atoms with Crippen LogP contribution in [0.5, 0.6) is 0 Å². The van der Waals surface area contributed by atoms with Gasteiger partial charge in [0.25, 0.3) is 0 Å². The molecule has 128 valence electrons. The summed E-state index contributed by atoms with van der Waals surface area (Å²) in [5.41, 5.74) is 1.27. The molecule has 1 fully saturated rings. The fourth-order valence-electron chi connectivity index (χ4n) is 3.30. The molecular weight excluding hydrogens is 302 g/mol. The van der Waals surface area contributed by atoms with E-state index >= 15 is 0 Å². The number of nitrogens with zero attached hydrogens (tertiary/aromatic N) is 4. The maximum Gasteiger partial charge on any atom is 0.222 e. The van der Waals surface area contributed by atoms with Gasteiger partial charge in [0.05, 0.1) is 6.33 Å². The molecule has 1 N–H and O–H groups in total. The van der Waals surface area contributed by atoms with Crippen LogP contribution in [0.4, 0.5) is 5.82 Å². The van der Waals surface area contributed by atoms with Gasteiger partial charge in [0.15, 0.2) is 0 Å². The second-order valence-electron chi connectivity index (χ2n) is 6.31. The van der Waals surface area contributed by atoms with Crippen LogP contribution in [-0.2, 0) is 11.3 Å². The van der Waals surface area contributed by atoms with E-state index in [1.54, 1.807) is 12.5 Å². The van der Waals surface area contributed by atoms with Crippen molar-refractivity contribution in [1.29, 1.82) is 0 Å². The van der Waals surface area contributed by atoms with E-state index < -0.39 is 0 Å². The van der Waals surface area contributed by atoms with Crippen molar-refractivity contribution in [3.63, 3.8) is 0 Å². The van der Waals surface area contributed by atoms with Gasteiger partial charge in [0.2, 0.25) is 5.91 Å². The van der Waals surface area contributed by atoms with Crippen molar-refractivity contribution in [3.8, 4) is 0 Å². The van der Waals surface area contributed by atoms with E-state index in [9.17, 15) is 4.79 Å². The van der Waals surface area contributed by atoms with Gasteiger partial charge in [-0.3, -0.25) is 4.79 Å². The van der Waals surface area contributed by atoms with Crippen molar-refractivity contribution in [2.75, 3.05) is 25.5 Å². The summed E-state index contributed by atoms with van der Waals surface area (Å²) in [6.07, 6.45) is 11.0. The number of piperidine rings is 1. The Morgan fingerprint density at radius 1 is 1.42 bits per heavy atom. The molecule has 2 aromatic rings. The van der Waals surface area contributed by atoms with E-state index in [1.807, 2.05) is 28.9 Å². The van der Waals surface area contributed by atoms with Gasteiger partial charge in [0, 0.05) is 57.6 Å². The van der Waals surface area contributed by atoms with E-state index in [0.29, 0.717) is 12.3 Å². The lowest BCUT2D eigenvalue weighted by molar-refractivity contribution is -0.132. The molecule has 6 heteroatoms. The minimum Gasteiger partial charge on any atom is -0.373 e. The Labute approximate surface area is 142 Å². The van der Waals surface area contributed by atoms with Crippen LogP contribution in [0.2, 0.25) is 0 Å². The number of hydrogen-bond acceptors (Lipinski definition) is 4. The Morgan fingerprint density at radius 2 is 2.33 bits per heavy atom. The second-order valence-corrected chi connectivity index (χ2v) is 6.31. The maximum atomic E-state index is 12.5. The molecule has 0 saturated carbocycles. The number of aryl methyl sites for hydroxylation is 1. The summed E-state index contributed by atoms with van der Waals surface area (Å²) < 4.78 is 2.02. The number of likely N-dealkylation sites (tertiary alicyclic amines) is 1. The quantitative estimate of drug-likeness (QED) is 0.885. The third-order valence-electron chi connectivity index (χ3n) is 4.65. The molecule has 3 rings (SSSR count). The maximum absolute atomic E-state index is 12.5. The molecule has 1 amide bonds. The number of hydrogen-bond donors (Lipinski definition) is 1. The first-order valence-corrected chi connectivity index (χ1v) is 8.63. The van der Waals surface area contributed by atoms with Crippen LogP contribution in [0.3, 0.4) is 0 Å². The fourth-order valence-corrected chi connectivity index (χ4v) is 3.30. The summed E-state index contributed by atoms with van der Waals surface area (Å²) in [4.78, 5) is 22.8. The van der Waals surface area contributed by atoms with Crippen molar-refractivity contribution < 1.29 is 4.79 Å². The largest absolute Gasteiger partial charge is 0.373 e. The molecule has 1 aliphatic heterocycles. The molecule has 0 spiro atoms. The topological polar surface area (TPSA) is 63.1 Å². The summed E-state index contributed by atoms with van der Waals surface area (Å²) in [6, 6.07) is 4.16. The fraction of sp³-hybridized carbons (Fsp3) is 0.500. The third-order valence-corrected chi connectivity index (χ3v) is 4.65. The molecule has 3 heterocycles. The molecule has 6 nitrogen and oxygen atoms in total. The Balaban J connectivity index is 1.53. The first-order valence-electron chi connectivity index (χ1n) is 8.63. The zero-order chi connectivity index (χ0) is 16.8. The van der Waals surface area contributed by atoms with Gasteiger partial charge < -0.3 is 14.8 Å². The molecule has 0 radical (unpaired) electrons. The van der Waals surface area contributed by atoms with Gasteiger partial charge in [-0.25, -0.2) is 9.97 Å². The molecular formula is C18H25N5O. The monoisotopic (exact) mass is 327 g/mol. The van der Waals surface area contributed by atoms with Crippen molar-refractivity contribution in [2.24, 2.45) is 0 Å². The molecule has 0 aromatic carbocycles. The number of aromatic nitrogens is 3. The molecule has 1 aliphatic rings. The number of rotatable bonds is 6. The third kappa shape index (κ3) is 4.13. The van der Waals surface area contributed by atoms with Gasteiger partial charge in [-0.05, 0) is 37.0 Å². The van der Waals surface area contributed by atoms with Crippen LogP contribution in [0, 0.1) is 0 Å². The highest BCUT2D eigenvalue weighted by Gasteiger charge is 2.24. The number of amides is 1. The second kappa shape index (κ2) is 7.95. The molecule has 0 aliphatic carbocycles. The van der Waals surface area contributed by atoms with Gasteiger partial charge in [-0.1, -0.05) is 0 Å². The highest BCUT2D eigenvalue weighted by atomic mass is 16.2. The zero-order valence-electron chi connectivity index (χ0n) is 14.2. The van der Waals surface area contributed by atoms with Gasteiger partial charge in [-0.2, -0.15) is 0 Å².